The van der Waals surface area contributed by atoms with Crippen LogP contribution in [0.4, 0.5) is 15.8 Å². The predicted octanol–water partition coefficient (Wildman–Crippen LogP) is 2.69. The van der Waals surface area contributed by atoms with Gasteiger partial charge in [-0.05, 0) is 12.5 Å². The van der Waals surface area contributed by atoms with Gasteiger partial charge >= 0.3 is 5.69 Å². The normalized spacial score (nSPS) is 10.3. The summed E-state index contributed by atoms with van der Waals surface area (Å²) in [5.41, 5.74) is 6.16. The van der Waals surface area contributed by atoms with E-state index in [-0.39, 0.29) is 22.5 Å². The number of nitrogens with two attached hydrogens (primary N) is 1. The fourth-order valence-electron chi connectivity index (χ4n) is 1.68. The van der Waals surface area contributed by atoms with E-state index in [1.165, 1.54) is 12.3 Å². The summed E-state index contributed by atoms with van der Waals surface area (Å²) in [4.78, 5) is 13.8. The number of nitrogen functional groups attached to an aromatic ring is 1. The van der Waals surface area contributed by atoms with Gasteiger partial charge in [0.2, 0.25) is 0 Å². The molecule has 2 rings (SSSR count). The Hall–Kier alpha value is -2.50. The molecule has 1 aromatic carbocycles. The van der Waals surface area contributed by atoms with Gasteiger partial charge in [-0.2, -0.15) is 0 Å². The molecule has 0 radical (unpaired) electrons. The first-order valence-corrected chi connectivity index (χ1v) is 5.15. The molecule has 0 amide bonds. The van der Waals surface area contributed by atoms with Crippen molar-refractivity contribution in [1.29, 1.82) is 0 Å². The lowest BCUT2D eigenvalue weighted by molar-refractivity contribution is -0.384. The molecule has 0 aliphatic rings. The van der Waals surface area contributed by atoms with Crippen molar-refractivity contribution in [1.82, 2.24) is 4.98 Å². The molecule has 6 heteroatoms. The van der Waals surface area contributed by atoms with Crippen LogP contribution in [0.15, 0.2) is 30.6 Å². The number of nitro groups is 1. The molecule has 18 heavy (non-hydrogen) atoms. The molecule has 0 spiro atoms. The number of hydrogen-bond acceptors (Lipinski definition) is 4. The molecule has 0 saturated heterocycles. The molecule has 1 heterocycles. The molecule has 0 fully saturated rings. The quantitative estimate of drug-likeness (QED) is 0.653. The third kappa shape index (κ3) is 1.88. The maximum atomic E-state index is 13.9. The van der Waals surface area contributed by atoms with E-state index >= 15 is 0 Å². The Bertz CT molecular complexity index is 629. The summed E-state index contributed by atoms with van der Waals surface area (Å²) >= 11 is 0. The molecule has 0 atom stereocenters. The largest absolute Gasteiger partial charge is 0.393 e. The Morgan fingerprint density at radius 1 is 1.33 bits per heavy atom. The van der Waals surface area contributed by atoms with Crippen molar-refractivity contribution in [2.45, 2.75) is 6.92 Å². The maximum absolute atomic E-state index is 13.9. The van der Waals surface area contributed by atoms with Gasteiger partial charge in [-0.1, -0.05) is 18.2 Å². The van der Waals surface area contributed by atoms with E-state index in [1.807, 2.05) is 0 Å². The second-order valence-corrected chi connectivity index (χ2v) is 3.81. The summed E-state index contributed by atoms with van der Waals surface area (Å²) in [7, 11) is 0. The van der Waals surface area contributed by atoms with E-state index in [1.54, 1.807) is 19.1 Å². The van der Waals surface area contributed by atoms with E-state index in [0.717, 1.165) is 6.20 Å². The lowest BCUT2D eigenvalue weighted by atomic mass is 10.0. The second-order valence-electron chi connectivity index (χ2n) is 3.81. The van der Waals surface area contributed by atoms with Crippen LogP contribution in [0.1, 0.15) is 5.56 Å². The number of anilines is 1. The van der Waals surface area contributed by atoms with Gasteiger partial charge in [-0.25, -0.2) is 4.39 Å². The standard InChI is InChI=1S/C12H10FN3O2/c1-7-3-2-4-8(11(7)13)9-5-15-6-10(12(9)14)16(17)18/h2-6H,1H3,(H2,14,15). The smallest absolute Gasteiger partial charge is 0.310 e. The number of aromatic nitrogens is 1. The van der Waals surface area contributed by atoms with Crippen LogP contribution in [-0.2, 0) is 0 Å². The molecule has 5 nitrogen and oxygen atoms in total. The molecular formula is C12H10FN3O2. The molecular weight excluding hydrogens is 237 g/mol. The lowest BCUT2D eigenvalue weighted by Crippen LogP contribution is -2.00. The Morgan fingerprint density at radius 2 is 2.06 bits per heavy atom. The first kappa shape index (κ1) is 12.0. The maximum Gasteiger partial charge on any atom is 0.310 e. The van der Waals surface area contributed by atoms with Gasteiger partial charge in [-0.3, -0.25) is 15.1 Å². The highest BCUT2D eigenvalue weighted by atomic mass is 19.1. The van der Waals surface area contributed by atoms with Crippen molar-refractivity contribution in [3.63, 3.8) is 0 Å². The number of rotatable bonds is 2. The van der Waals surface area contributed by atoms with Gasteiger partial charge in [0.05, 0.1) is 4.92 Å². The van der Waals surface area contributed by atoms with Gasteiger partial charge in [0.25, 0.3) is 0 Å². The first-order valence-electron chi connectivity index (χ1n) is 5.15. The van der Waals surface area contributed by atoms with Crippen LogP contribution in [0, 0.1) is 22.9 Å². The van der Waals surface area contributed by atoms with Crippen molar-refractivity contribution >= 4 is 11.4 Å². The van der Waals surface area contributed by atoms with E-state index < -0.39 is 10.7 Å². The number of aryl methyl sites for hydroxylation is 1. The molecule has 0 saturated carbocycles. The Morgan fingerprint density at radius 3 is 2.72 bits per heavy atom. The van der Waals surface area contributed by atoms with Gasteiger partial charge < -0.3 is 5.73 Å². The van der Waals surface area contributed by atoms with Crippen LogP contribution in [-0.4, -0.2) is 9.91 Å². The first-order chi connectivity index (χ1) is 8.52. The molecule has 0 aliphatic carbocycles. The van der Waals surface area contributed by atoms with Crippen LogP contribution in [0.25, 0.3) is 11.1 Å². The highest BCUT2D eigenvalue weighted by molar-refractivity contribution is 5.81. The van der Waals surface area contributed by atoms with Crippen molar-refractivity contribution in [3.05, 3.63) is 52.1 Å². The number of halogens is 1. The van der Waals surface area contributed by atoms with Crippen molar-refractivity contribution in [2.24, 2.45) is 0 Å². The van der Waals surface area contributed by atoms with Gasteiger partial charge in [0.1, 0.15) is 17.7 Å². The van der Waals surface area contributed by atoms with Crippen LogP contribution in [0.3, 0.4) is 0 Å². The van der Waals surface area contributed by atoms with Gasteiger partial charge in [0.15, 0.2) is 0 Å². The monoisotopic (exact) mass is 247 g/mol. The highest BCUT2D eigenvalue weighted by Gasteiger charge is 2.18. The molecule has 2 N–H and O–H groups in total. The van der Waals surface area contributed by atoms with Crippen molar-refractivity contribution < 1.29 is 9.31 Å². The third-order valence-electron chi connectivity index (χ3n) is 2.65. The van der Waals surface area contributed by atoms with E-state index in [0.29, 0.717) is 5.56 Å². The molecule has 0 bridgehead atoms. The zero-order valence-corrected chi connectivity index (χ0v) is 9.55. The average molecular weight is 247 g/mol. The lowest BCUT2D eigenvalue weighted by Gasteiger charge is -2.08. The van der Waals surface area contributed by atoms with Crippen molar-refractivity contribution in [3.8, 4) is 11.1 Å². The fourth-order valence-corrected chi connectivity index (χ4v) is 1.68. The number of pyridine rings is 1. The van der Waals surface area contributed by atoms with Crippen LogP contribution in [0.2, 0.25) is 0 Å². The summed E-state index contributed by atoms with van der Waals surface area (Å²) in [5.74, 6) is -0.452. The topological polar surface area (TPSA) is 82.0 Å². The molecule has 1 aromatic heterocycles. The minimum Gasteiger partial charge on any atom is -0.393 e. The number of hydrogen-bond donors (Lipinski definition) is 1. The summed E-state index contributed by atoms with van der Waals surface area (Å²) < 4.78 is 13.9. The van der Waals surface area contributed by atoms with Gasteiger partial charge in [0, 0.05) is 17.3 Å². The average Bonchev–Trinajstić information content (AvgIpc) is 2.33. The predicted molar refractivity (Wildman–Crippen MR) is 65.4 cm³/mol. The number of nitrogens with zero attached hydrogens (tertiary/aromatic N) is 2. The van der Waals surface area contributed by atoms with Crippen LogP contribution in [0.5, 0.6) is 0 Å². The summed E-state index contributed by atoms with van der Waals surface area (Å²) in [6.07, 6.45) is 2.37. The van der Waals surface area contributed by atoms with E-state index in [4.69, 9.17) is 5.73 Å². The Kier molecular flexibility index (Phi) is 2.93. The summed E-state index contributed by atoms with van der Waals surface area (Å²) in [6.45, 7) is 1.61. The molecule has 2 aromatic rings. The SMILES string of the molecule is Cc1cccc(-c2cncc([N+](=O)[O-])c2N)c1F. The number of benzene rings is 1. The highest BCUT2D eigenvalue weighted by Crippen LogP contribution is 2.33. The van der Waals surface area contributed by atoms with E-state index in [9.17, 15) is 14.5 Å². The summed E-state index contributed by atoms with van der Waals surface area (Å²) in [5, 5.41) is 10.7. The minimum absolute atomic E-state index is 0.0838. The Balaban J connectivity index is 2.69. The van der Waals surface area contributed by atoms with Crippen LogP contribution >= 0.6 is 0 Å². The van der Waals surface area contributed by atoms with E-state index in [2.05, 4.69) is 4.98 Å². The van der Waals surface area contributed by atoms with Crippen molar-refractivity contribution in [2.75, 3.05) is 5.73 Å². The minimum atomic E-state index is -0.639. The third-order valence-corrected chi connectivity index (χ3v) is 2.65. The Labute approximate surface area is 102 Å². The second kappa shape index (κ2) is 4.40. The zero-order valence-electron chi connectivity index (χ0n) is 9.55. The summed E-state index contributed by atoms with van der Waals surface area (Å²) in [6, 6.07) is 4.78. The van der Waals surface area contributed by atoms with Crippen LogP contribution < -0.4 is 5.73 Å². The van der Waals surface area contributed by atoms with Gasteiger partial charge in [-0.15, -0.1) is 0 Å². The molecule has 0 aliphatic heterocycles. The molecule has 0 unspecified atom stereocenters. The molecule has 92 valence electrons. The zero-order chi connectivity index (χ0) is 13.3. The fraction of sp³-hybridized carbons (Fsp3) is 0.0833.